The summed E-state index contributed by atoms with van der Waals surface area (Å²) < 4.78 is 59.0. The van der Waals surface area contributed by atoms with Crippen molar-refractivity contribution in [3.05, 3.63) is 91.1 Å². The molecular weight excluding hydrogens is 584 g/mol. The van der Waals surface area contributed by atoms with Crippen LogP contribution in [0.5, 0.6) is 5.75 Å². The number of ether oxygens (including phenoxy) is 1. The van der Waals surface area contributed by atoms with Crippen molar-refractivity contribution in [2.75, 3.05) is 18.6 Å². The molecule has 0 atom stereocenters. The monoisotopic (exact) mass is 616 g/mol. The quantitative estimate of drug-likeness (QED) is 0.329. The molecule has 1 amide bonds. The molecule has 228 valence electrons. The van der Waals surface area contributed by atoms with Crippen LogP contribution in [-0.4, -0.2) is 35.5 Å². The molecule has 2 heterocycles. The highest BCUT2D eigenvalue weighted by molar-refractivity contribution is 7.99. The number of alkyl halides is 3. The number of thioether (sulfide) groups is 1. The number of carbonyl (C=O) groups is 1. The van der Waals surface area contributed by atoms with Gasteiger partial charge in [0.1, 0.15) is 11.6 Å². The highest BCUT2D eigenvalue weighted by Gasteiger charge is 2.33. The van der Waals surface area contributed by atoms with Crippen molar-refractivity contribution in [1.82, 2.24) is 10.3 Å². The zero-order valence-electron chi connectivity index (χ0n) is 23.6. The Balaban J connectivity index is 1.39. The Bertz CT molecular complexity index is 1640. The van der Waals surface area contributed by atoms with Gasteiger partial charge in [0.15, 0.2) is 10.9 Å². The minimum Gasteiger partial charge on any atom is -0.497 e. The number of methoxy groups -OCH3 is 1. The van der Waals surface area contributed by atoms with Crippen LogP contribution in [0.25, 0.3) is 10.9 Å². The van der Waals surface area contributed by atoms with Crippen LogP contribution in [0.4, 0.5) is 17.6 Å². The number of hydrogen-bond donors (Lipinski definition) is 1. The topological polar surface area (TPSA) is 85.4 Å². The maximum absolute atomic E-state index is 14.1. The molecule has 1 N–H and O–H groups in total. The van der Waals surface area contributed by atoms with Crippen LogP contribution < -0.4 is 20.9 Å². The first-order valence-electron chi connectivity index (χ1n) is 14.3. The number of aromatic nitrogens is 1. The Morgan fingerprint density at radius 2 is 1.72 bits per heavy atom. The third kappa shape index (κ3) is 7.37. The highest BCUT2D eigenvalue weighted by atomic mass is 32.2. The van der Waals surface area contributed by atoms with Crippen molar-refractivity contribution in [1.29, 1.82) is 0 Å². The standard InChI is InChI=1S/C32H32F4N2O4S/c1-42-25-12-21(11-22(14-25)32(34,35)36)31(41)38-24-4-2-19(3-5-24)26-16-29(39)27-15-23(33)17-37-28(27)13-20(30(26)40)10-18-6-8-43-9-7-18/h11-19,24H,2-10H2,1H3,(H,38,41). The third-order valence-corrected chi connectivity index (χ3v) is 9.43. The lowest BCUT2D eigenvalue weighted by Gasteiger charge is -2.29. The molecule has 1 aromatic heterocycles. The number of hydrogen-bond acceptors (Lipinski definition) is 6. The molecule has 1 saturated heterocycles. The SMILES string of the molecule is COc1cc(C(=O)NC2CCC(c3cc(=O)c4cc(F)cnc4cc(CC4CCSCC4)c3=O)CC2)cc(C(F)(F)F)c1. The Hall–Kier alpha value is -3.47. The van der Waals surface area contributed by atoms with Gasteiger partial charge in [0.2, 0.25) is 0 Å². The van der Waals surface area contributed by atoms with Crippen molar-refractivity contribution >= 4 is 28.6 Å². The molecule has 0 bridgehead atoms. The molecule has 1 saturated carbocycles. The van der Waals surface area contributed by atoms with Gasteiger partial charge < -0.3 is 10.1 Å². The summed E-state index contributed by atoms with van der Waals surface area (Å²) in [4.78, 5) is 44.2. The highest BCUT2D eigenvalue weighted by Crippen LogP contribution is 2.34. The van der Waals surface area contributed by atoms with E-state index in [1.807, 2.05) is 11.8 Å². The number of benzene rings is 1. The van der Waals surface area contributed by atoms with Gasteiger partial charge in [-0.1, -0.05) is 0 Å². The molecule has 43 heavy (non-hydrogen) atoms. The summed E-state index contributed by atoms with van der Waals surface area (Å²) in [5.41, 5.74) is -0.600. The Kier molecular flexibility index (Phi) is 9.39. The van der Waals surface area contributed by atoms with E-state index < -0.39 is 28.9 Å². The summed E-state index contributed by atoms with van der Waals surface area (Å²) in [6.45, 7) is 0. The average Bonchev–Trinajstić information content (AvgIpc) is 2.99. The number of amides is 1. The Labute approximate surface area is 250 Å². The molecule has 1 aliphatic carbocycles. The second-order valence-electron chi connectivity index (χ2n) is 11.3. The van der Waals surface area contributed by atoms with Crippen molar-refractivity contribution in [3.8, 4) is 5.75 Å². The molecule has 3 aromatic rings. The van der Waals surface area contributed by atoms with Crippen molar-refractivity contribution in [3.63, 3.8) is 0 Å². The van der Waals surface area contributed by atoms with Crippen LogP contribution >= 0.6 is 11.8 Å². The van der Waals surface area contributed by atoms with Gasteiger partial charge in [0.05, 0.1) is 29.8 Å². The number of nitrogens with zero attached hydrogens (tertiary/aromatic N) is 1. The molecule has 0 unspecified atom stereocenters. The molecule has 1 aliphatic heterocycles. The summed E-state index contributed by atoms with van der Waals surface area (Å²) in [6.07, 6.45) is 0.844. The molecule has 2 fully saturated rings. The van der Waals surface area contributed by atoms with E-state index in [0.717, 1.165) is 48.7 Å². The predicted octanol–water partition coefficient (Wildman–Crippen LogP) is 6.26. The summed E-state index contributed by atoms with van der Waals surface area (Å²) in [6, 6.07) is 6.67. The third-order valence-electron chi connectivity index (χ3n) is 8.39. The lowest BCUT2D eigenvalue weighted by atomic mass is 9.80. The number of nitrogens with one attached hydrogen (secondary N) is 1. The van der Waals surface area contributed by atoms with E-state index in [4.69, 9.17) is 4.74 Å². The average molecular weight is 617 g/mol. The normalized spacial score (nSPS) is 19.7. The minimum absolute atomic E-state index is 0.0735. The van der Waals surface area contributed by atoms with Gasteiger partial charge in [-0.25, -0.2) is 4.39 Å². The van der Waals surface area contributed by atoms with Crippen molar-refractivity contribution in [2.24, 2.45) is 5.92 Å². The van der Waals surface area contributed by atoms with Gasteiger partial charge in [-0.15, -0.1) is 0 Å². The molecule has 6 nitrogen and oxygen atoms in total. The number of rotatable bonds is 6. The predicted molar refractivity (Wildman–Crippen MR) is 158 cm³/mol. The molecular formula is C32H32F4N2O4S. The van der Waals surface area contributed by atoms with Gasteiger partial charge in [-0.05, 0) is 105 Å². The van der Waals surface area contributed by atoms with Crippen molar-refractivity contribution in [2.45, 2.75) is 63.1 Å². The second-order valence-corrected chi connectivity index (χ2v) is 12.5. The van der Waals surface area contributed by atoms with Gasteiger partial charge >= 0.3 is 6.18 Å². The molecule has 5 rings (SSSR count). The minimum atomic E-state index is -4.64. The van der Waals surface area contributed by atoms with Gasteiger partial charge in [-0.2, -0.15) is 24.9 Å². The lowest BCUT2D eigenvalue weighted by Crippen LogP contribution is -2.38. The van der Waals surface area contributed by atoms with E-state index in [1.165, 1.54) is 19.2 Å². The maximum Gasteiger partial charge on any atom is 0.416 e. The Morgan fingerprint density at radius 3 is 2.40 bits per heavy atom. The number of carbonyl (C=O) groups excluding carboxylic acids is 1. The van der Waals surface area contributed by atoms with Crippen LogP contribution in [0.3, 0.4) is 0 Å². The van der Waals surface area contributed by atoms with E-state index >= 15 is 0 Å². The maximum atomic E-state index is 14.1. The molecule has 2 aliphatic rings. The summed E-state index contributed by atoms with van der Waals surface area (Å²) in [5.74, 6) is 0.765. The Morgan fingerprint density at radius 1 is 1.00 bits per heavy atom. The van der Waals surface area contributed by atoms with Crippen LogP contribution in [-0.2, 0) is 12.6 Å². The lowest BCUT2D eigenvalue weighted by molar-refractivity contribution is -0.137. The fourth-order valence-corrected chi connectivity index (χ4v) is 7.21. The van der Waals surface area contributed by atoms with E-state index in [9.17, 15) is 31.9 Å². The van der Waals surface area contributed by atoms with Gasteiger partial charge in [0.25, 0.3) is 5.91 Å². The molecule has 11 heteroatoms. The first-order chi connectivity index (χ1) is 20.5. The van der Waals surface area contributed by atoms with Crippen LogP contribution in [0.15, 0.2) is 52.2 Å². The first kappa shape index (κ1) is 31.0. The molecule has 0 spiro atoms. The first-order valence-corrected chi connectivity index (χ1v) is 15.5. The van der Waals surface area contributed by atoms with E-state index in [0.29, 0.717) is 49.1 Å². The van der Waals surface area contributed by atoms with E-state index in [1.54, 1.807) is 6.07 Å². The summed E-state index contributed by atoms with van der Waals surface area (Å²) in [7, 11) is 1.23. The summed E-state index contributed by atoms with van der Waals surface area (Å²) in [5, 5.41) is 2.93. The molecule has 2 aromatic carbocycles. The zero-order valence-corrected chi connectivity index (χ0v) is 24.5. The molecule has 0 radical (unpaired) electrons. The van der Waals surface area contributed by atoms with Crippen LogP contribution in [0.1, 0.15) is 71.5 Å². The fourth-order valence-electron chi connectivity index (χ4n) is 6.01. The number of halogens is 4. The fraction of sp³-hybridized carbons (Fsp3) is 0.438. The second kappa shape index (κ2) is 13.0. The largest absolute Gasteiger partial charge is 0.497 e. The van der Waals surface area contributed by atoms with Crippen LogP contribution in [0.2, 0.25) is 0 Å². The van der Waals surface area contributed by atoms with Gasteiger partial charge in [0, 0.05) is 22.7 Å². The van der Waals surface area contributed by atoms with Crippen molar-refractivity contribution < 1.29 is 27.1 Å². The summed E-state index contributed by atoms with van der Waals surface area (Å²) >= 11 is 1.89. The van der Waals surface area contributed by atoms with E-state index in [2.05, 4.69) is 10.3 Å². The van der Waals surface area contributed by atoms with Gasteiger partial charge in [-0.3, -0.25) is 19.4 Å². The smallest absolute Gasteiger partial charge is 0.416 e. The van der Waals surface area contributed by atoms with E-state index in [-0.39, 0.29) is 39.6 Å². The number of fused-ring (bicyclic) bond motifs is 1. The van der Waals surface area contributed by atoms with Crippen LogP contribution in [0, 0.1) is 11.7 Å². The zero-order chi connectivity index (χ0) is 30.7. The number of pyridine rings is 1.